The molecule has 0 aliphatic rings. The highest BCUT2D eigenvalue weighted by atomic mass is 32.2. The van der Waals surface area contributed by atoms with Crippen LogP contribution in [0.3, 0.4) is 0 Å². The highest BCUT2D eigenvalue weighted by molar-refractivity contribution is 7.92. The normalized spacial score (nSPS) is 11.4. The molecule has 164 valence electrons. The van der Waals surface area contributed by atoms with Gasteiger partial charge in [0.15, 0.2) is 0 Å². The number of fused-ring (bicyclic) bond motifs is 1. The molecule has 0 radical (unpaired) electrons. The standard InChI is InChI=1S/C23H21N3O4S2/c1-3-26-19-12-11-18(14-20(19)31-23(26)28)24-22(27)16-10-9-15(2)21(13-16)32(29,30)25-17-7-5-4-6-8-17/h4-14,25H,3H2,1-2H3,(H,24,27). The average molecular weight is 468 g/mol. The first-order valence-corrected chi connectivity index (χ1v) is 12.2. The number of carbonyl (C=O) groups excluding carboxylic acids is 1. The van der Waals surface area contributed by atoms with Crippen molar-refractivity contribution in [2.45, 2.75) is 25.3 Å². The van der Waals surface area contributed by atoms with Crippen LogP contribution in [0.1, 0.15) is 22.8 Å². The van der Waals surface area contributed by atoms with Crippen molar-refractivity contribution in [3.8, 4) is 0 Å². The Morgan fingerprint density at radius 3 is 2.47 bits per heavy atom. The summed E-state index contributed by atoms with van der Waals surface area (Å²) in [5.41, 5.74) is 2.52. The van der Waals surface area contributed by atoms with Gasteiger partial charge in [0.25, 0.3) is 15.9 Å². The minimum Gasteiger partial charge on any atom is -0.322 e. The van der Waals surface area contributed by atoms with E-state index >= 15 is 0 Å². The van der Waals surface area contributed by atoms with Crippen LogP contribution >= 0.6 is 11.3 Å². The Morgan fingerprint density at radius 2 is 1.75 bits per heavy atom. The summed E-state index contributed by atoms with van der Waals surface area (Å²) in [4.78, 5) is 24.9. The first kappa shape index (κ1) is 21.8. The molecule has 0 aliphatic heterocycles. The highest BCUT2D eigenvalue weighted by Crippen LogP contribution is 2.24. The fourth-order valence-electron chi connectivity index (χ4n) is 3.39. The fraction of sp³-hybridized carbons (Fsp3) is 0.130. The number of nitrogens with one attached hydrogen (secondary N) is 2. The lowest BCUT2D eigenvalue weighted by atomic mass is 10.1. The molecule has 4 aromatic rings. The lowest BCUT2D eigenvalue weighted by molar-refractivity contribution is 0.102. The number of anilines is 2. The van der Waals surface area contributed by atoms with E-state index in [-0.39, 0.29) is 15.3 Å². The van der Waals surface area contributed by atoms with Gasteiger partial charge in [0.1, 0.15) is 0 Å². The smallest absolute Gasteiger partial charge is 0.308 e. The molecule has 0 unspecified atom stereocenters. The SMILES string of the molecule is CCn1c(=O)sc2cc(NC(=O)c3ccc(C)c(S(=O)(=O)Nc4ccccc4)c3)ccc21. The number of carbonyl (C=O) groups is 1. The second kappa shape index (κ2) is 8.60. The van der Waals surface area contributed by atoms with Gasteiger partial charge in [-0.15, -0.1) is 0 Å². The number of sulfonamides is 1. The number of aromatic nitrogens is 1. The minimum absolute atomic E-state index is 0.0303. The number of benzene rings is 3. The van der Waals surface area contributed by atoms with Crippen LogP contribution in [0.4, 0.5) is 11.4 Å². The summed E-state index contributed by atoms with van der Waals surface area (Å²) in [5, 5.41) is 2.79. The van der Waals surface area contributed by atoms with Crippen LogP contribution in [0.2, 0.25) is 0 Å². The number of hydrogen-bond acceptors (Lipinski definition) is 5. The molecule has 1 heterocycles. The van der Waals surface area contributed by atoms with E-state index in [4.69, 9.17) is 0 Å². The lowest BCUT2D eigenvalue weighted by Crippen LogP contribution is -2.17. The molecule has 4 rings (SSSR count). The monoisotopic (exact) mass is 467 g/mol. The number of rotatable bonds is 6. The molecule has 32 heavy (non-hydrogen) atoms. The van der Waals surface area contributed by atoms with Crippen LogP contribution in [0.15, 0.2) is 76.4 Å². The van der Waals surface area contributed by atoms with E-state index < -0.39 is 15.9 Å². The summed E-state index contributed by atoms with van der Waals surface area (Å²) in [6, 6.07) is 18.4. The molecular formula is C23H21N3O4S2. The van der Waals surface area contributed by atoms with E-state index in [1.807, 2.05) is 6.92 Å². The molecule has 0 spiro atoms. The van der Waals surface area contributed by atoms with Gasteiger partial charge in [0.05, 0.1) is 15.1 Å². The number of hydrogen-bond donors (Lipinski definition) is 2. The number of amides is 1. The summed E-state index contributed by atoms with van der Waals surface area (Å²) in [6.45, 7) is 4.15. The van der Waals surface area contributed by atoms with Gasteiger partial charge >= 0.3 is 4.87 Å². The Labute approximate surface area is 189 Å². The molecule has 0 aliphatic carbocycles. The zero-order chi connectivity index (χ0) is 22.9. The van der Waals surface area contributed by atoms with Crippen molar-refractivity contribution in [3.63, 3.8) is 0 Å². The number of aryl methyl sites for hydroxylation is 2. The maximum absolute atomic E-state index is 12.9. The van der Waals surface area contributed by atoms with Crippen molar-refractivity contribution in [3.05, 3.63) is 87.5 Å². The molecule has 0 saturated carbocycles. The van der Waals surface area contributed by atoms with E-state index in [0.29, 0.717) is 23.5 Å². The molecule has 1 aromatic heterocycles. The summed E-state index contributed by atoms with van der Waals surface area (Å²) < 4.78 is 30.8. The van der Waals surface area contributed by atoms with Crippen molar-refractivity contribution in [2.24, 2.45) is 0 Å². The Bertz CT molecular complexity index is 1470. The number of nitrogens with zero attached hydrogens (tertiary/aromatic N) is 1. The largest absolute Gasteiger partial charge is 0.322 e. The van der Waals surface area contributed by atoms with Gasteiger partial charge in [-0.1, -0.05) is 35.6 Å². The van der Waals surface area contributed by atoms with E-state index in [1.165, 1.54) is 6.07 Å². The molecular weight excluding hydrogens is 446 g/mol. The maximum atomic E-state index is 12.9. The lowest BCUT2D eigenvalue weighted by Gasteiger charge is -2.12. The minimum atomic E-state index is -3.87. The second-order valence-corrected chi connectivity index (χ2v) is 9.84. The third-order valence-electron chi connectivity index (χ3n) is 5.01. The summed E-state index contributed by atoms with van der Waals surface area (Å²) in [5.74, 6) is -0.442. The van der Waals surface area contributed by atoms with Crippen LogP contribution in [-0.2, 0) is 16.6 Å². The zero-order valence-electron chi connectivity index (χ0n) is 17.5. The van der Waals surface area contributed by atoms with Crippen molar-refractivity contribution in [2.75, 3.05) is 10.0 Å². The van der Waals surface area contributed by atoms with Crippen LogP contribution in [0.25, 0.3) is 10.2 Å². The quantitative estimate of drug-likeness (QED) is 0.438. The molecule has 0 saturated heterocycles. The Kier molecular flexibility index (Phi) is 5.86. The highest BCUT2D eigenvalue weighted by Gasteiger charge is 2.19. The average Bonchev–Trinajstić information content (AvgIpc) is 3.08. The fourth-order valence-corrected chi connectivity index (χ4v) is 5.72. The van der Waals surface area contributed by atoms with Gasteiger partial charge in [-0.2, -0.15) is 0 Å². The topological polar surface area (TPSA) is 97.3 Å². The van der Waals surface area contributed by atoms with Crippen molar-refractivity contribution in [1.82, 2.24) is 4.57 Å². The van der Waals surface area contributed by atoms with E-state index in [2.05, 4.69) is 10.0 Å². The maximum Gasteiger partial charge on any atom is 0.308 e. The summed E-state index contributed by atoms with van der Waals surface area (Å²) in [7, 11) is -3.87. The van der Waals surface area contributed by atoms with Gasteiger partial charge in [-0.3, -0.25) is 18.9 Å². The van der Waals surface area contributed by atoms with Crippen LogP contribution in [0.5, 0.6) is 0 Å². The van der Waals surface area contributed by atoms with E-state index in [0.717, 1.165) is 21.6 Å². The van der Waals surface area contributed by atoms with E-state index in [1.54, 1.807) is 72.2 Å². The summed E-state index contributed by atoms with van der Waals surface area (Å²) >= 11 is 1.12. The van der Waals surface area contributed by atoms with E-state index in [9.17, 15) is 18.0 Å². The van der Waals surface area contributed by atoms with Crippen LogP contribution in [0, 0.1) is 6.92 Å². The second-order valence-electron chi connectivity index (χ2n) is 7.20. The molecule has 0 fully saturated rings. The molecule has 1 amide bonds. The Hall–Kier alpha value is -3.43. The third kappa shape index (κ3) is 4.30. The Balaban J connectivity index is 1.61. The van der Waals surface area contributed by atoms with Gasteiger partial charge in [0.2, 0.25) is 0 Å². The predicted molar refractivity (Wildman–Crippen MR) is 128 cm³/mol. The first-order chi connectivity index (χ1) is 15.3. The predicted octanol–water partition coefficient (Wildman–Crippen LogP) is 4.44. The molecule has 7 nitrogen and oxygen atoms in total. The third-order valence-corrected chi connectivity index (χ3v) is 7.47. The molecule has 3 aromatic carbocycles. The van der Waals surface area contributed by atoms with Gasteiger partial charge < -0.3 is 5.32 Å². The van der Waals surface area contributed by atoms with Crippen LogP contribution < -0.4 is 14.9 Å². The Morgan fingerprint density at radius 1 is 1.00 bits per heavy atom. The van der Waals surface area contributed by atoms with Crippen molar-refractivity contribution >= 4 is 48.9 Å². The molecule has 2 N–H and O–H groups in total. The van der Waals surface area contributed by atoms with Crippen LogP contribution in [-0.4, -0.2) is 18.9 Å². The molecule has 9 heteroatoms. The molecule has 0 atom stereocenters. The van der Waals surface area contributed by atoms with Crippen molar-refractivity contribution < 1.29 is 13.2 Å². The molecule has 0 bridgehead atoms. The first-order valence-electron chi connectivity index (χ1n) is 9.92. The summed E-state index contributed by atoms with van der Waals surface area (Å²) in [6.07, 6.45) is 0. The van der Waals surface area contributed by atoms with Gasteiger partial charge in [-0.05, 0) is 61.9 Å². The zero-order valence-corrected chi connectivity index (χ0v) is 19.1. The van der Waals surface area contributed by atoms with Gasteiger partial charge in [0, 0.05) is 23.5 Å². The van der Waals surface area contributed by atoms with Crippen molar-refractivity contribution in [1.29, 1.82) is 0 Å². The number of thiazole rings is 1. The van der Waals surface area contributed by atoms with Gasteiger partial charge in [-0.25, -0.2) is 8.42 Å². The number of para-hydroxylation sites is 1.